The minimum Gasteiger partial charge on any atom is -0.366 e. The molecule has 2 heterocycles. The number of benzene rings is 2. The molecule has 0 spiro atoms. The minimum absolute atomic E-state index is 0.237. The number of likely N-dealkylation sites (tertiary alicyclic amines) is 1. The van der Waals surface area contributed by atoms with E-state index in [1.807, 2.05) is 4.90 Å². The SMILES string of the molecule is O=C1C(c2ccc(Cl)cc2)=C(N2CCCC2)C(=O)N1c1cccc(F)c1. The number of amides is 2. The van der Waals surface area contributed by atoms with Gasteiger partial charge in [-0.1, -0.05) is 29.8 Å². The third kappa shape index (κ3) is 2.78. The van der Waals surface area contributed by atoms with Crippen molar-refractivity contribution in [3.63, 3.8) is 0 Å². The fourth-order valence-electron chi connectivity index (χ4n) is 3.48. The summed E-state index contributed by atoms with van der Waals surface area (Å²) in [5.41, 5.74) is 1.60. The molecule has 4 rings (SSSR count). The molecule has 1 fully saturated rings. The number of hydrogen-bond donors (Lipinski definition) is 0. The molecule has 0 saturated carbocycles. The molecular formula is C20H16ClFN2O2. The Bertz CT molecular complexity index is 918. The Kier molecular flexibility index (Phi) is 4.24. The van der Waals surface area contributed by atoms with Crippen LogP contribution in [0, 0.1) is 5.82 Å². The van der Waals surface area contributed by atoms with Gasteiger partial charge >= 0.3 is 0 Å². The molecule has 0 aliphatic carbocycles. The first-order valence-electron chi connectivity index (χ1n) is 8.46. The van der Waals surface area contributed by atoms with Crippen molar-refractivity contribution in [1.29, 1.82) is 0 Å². The van der Waals surface area contributed by atoms with Crippen LogP contribution in [0.4, 0.5) is 10.1 Å². The second-order valence-corrected chi connectivity index (χ2v) is 6.79. The average Bonchev–Trinajstić information content (AvgIpc) is 3.22. The lowest BCUT2D eigenvalue weighted by molar-refractivity contribution is -0.120. The average molecular weight is 371 g/mol. The first-order chi connectivity index (χ1) is 12.6. The smallest absolute Gasteiger partial charge is 0.282 e. The van der Waals surface area contributed by atoms with E-state index in [1.165, 1.54) is 18.2 Å². The van der Waals surface area contributed by atoms with Gasteiger partial charge in [0.25, 0.3) is 11.8 Å². The summed E-state index contributed by atoms with van der Waals surface area (Å²) in [6, 6.07) is 12.4. The van der Waals surface area contributed by atoms with Crippen molar-refractivity contribution in [1.82, 2.24) is 4.90 Å². The molecule has 2 aromatic rings. The van der Waals surface area contributed by atoms with Gasteiger partial charge in [-0.2, -0.15) is 0 Å². The van der Waals surface area contributed by atoms with E-state index >= 15 is 0 Å². The van der Waals surface area contributed by atoms with Crippen molar-refractivity contribution in [2.45, 2.75) is 12.8 Å². The molecule has 2 aliphatic heterocycles. The van der Waals surface area contributed by atoms with Crippen LogP contribution in [0.1, 0.15) is 18.4 Å². The van der Waals surface area contributed by atoms with E-state index in [0.717, 1.165) is 30.8 Å². The number of hydrogen-bond acceptors (Lipinski definition) is 3. The fraction of sp³-hybridized carbons (Fsp3) is 0.200. The number of imide groups is 1. The second kappa shape index (κ2) is 6.57. The highest BCUT2D eigenvalue weighted by Gasteiger charge is 2.43. The number of halogens is 2. The topological polar surface area (TPSA) is 40.6 Å². The van der Waals surface area contributed by atoms with Gasteiger partial charge < -0.3 is 4.90 Å². The lowest BCUT2D eigenvalue weighted by Gasteiger charge is -2.20. The maximum Gasteiger partial charge on any atom is 0.282 e. The van der Waals surface area contributed by atoms with Gasteiger partial charge in [0.2, 0.25) is 0 Å². The van der Waals surface area contributed by atoms with Crippen molar-refractivity contribution in [3.05, 3.63) is 70.6 Å². The van der Waals surface area contributed by atoms with E-state index in [2.05, 4.69) is 0 Å². The molecule has 6 heteroatoms. The standard InChI is InChI=1S/C20H16ClFN2O2/c21-14-8-6-13(7-9-14)17-18(23-10-1-2-11-23)20(26)24(19(17)25)16-5-3-4-15(22)12-16/h3-9,12H,1-2,10-11H2. The van der Waals surface area contributed by atoms with E-state index in [4.69, 9.17) is 11.6 Å². The molecular weight excluding hydrogens is 355 g/mol. The third-order valence-corrected chi connectivity index (χ3v) is 4.93. The van der Waals surface area contributed by atoms with Crippen LogP contribution in [0.5, 0.6) is 0 Å². The van der Waals surface area contributed by atoms with Crippen LogP contribution in [0.15, 0.2) is 54.2 Å². The molecule has 26 heavy (non-hydrogen) atoms. The maximum absolute atomic E-state index is 13.6. The van der Waals surface area contributed by atoms with Gasteiger partial charge in [-0.15, -0.1) is 0 Å². The summed E-state index contributed by atoms with van der Waals surface area (Å²) in [6.45, 7) is 1.45. The molecule has 2 amide bonds. The predicted molar refractivity (Wildman–Crippen MR) is 98.1 cm³/mol. The van der Waals surface area contributed by atoms with E-state index in [-0.39, 0.29) is 5.69 Å². The van der Waals surface area contributed by atoms with E-state index in [1.54, 1.807) is 30.3 Å². The second-order valence-electron chi connectivity index (χ2n) is 6.35. The Morgan fingerprint density at radius 2 is 1.62 bits per heavy atom. The van der Waals surface area contributed by atoms with Crippen LogP contribution in [-0.2, 0) is 9.59 Å². The molecule has 2 aromatic carbocycles. The van der Waals surface area contributed by atoms with Gasteiger partial charge in [-0.3, -0.25) is 9.59 Å². The first kappa shape index (κ1) is 16.8. The van der Waals surface area contributed by atoms with Gasteiger partial charge in [-0.05, 0) is 48.7 Å². The Morgan fingerprint density at radius 3 is 2.27 bits per heavy atom. The molecule has 0 N–H and O–H groups in total. The van der Waals surface area contributed by atoms with Gasteiger partial charge in [0.15, 0.2) is 0 Å². The summed E-state index contributed by atoms with van der Waals surface area (Å²) >= 11 is 5.96. The van der Waals surface area contributed by atoms with Crippen LogP contribution in [0.3, 0.4) is 0 Å². The molecule has 132 valence electrons. The van der Waals surface area contributed by atoms with Crippen LogP contribution in [-0.4, -0.2) is 29.8 Å². The maximum atomic E-state index is 13.6. The first-order valence-corrected chi connectivity index (χ1v) is 8.83. The van der Waals surface area contributed by atoms with Crippen LogP contribution in [0.25, 0.3) is 5.57 Å². The summed E-state index contributed by atoms with van der Waals surface area (Å²) in [7, 11) is 0. The van der Waals surface area contributed by atoms with Crippen LogP contribution in [0.2, 0.25) is 5.02 Å². The molecule has 0 atom stereocenters. The van der Waals surface area contributed by atoms with Gasteiger partial charge in [0.05, 0.1) is 11.3 Å². The Balaban J connectivity index is 1.84. The monoisotopic (exact) mass is 370 g/mol. The predicted octanol–water partition coefficient (Wildman–Crippen LogP) is 3.86. The highest BCUT2D eigenvalue weighted by molar-refractivity contribution is 6.45. The third-order valence-electron chi connectivity index (χ3n) is 4.68. The van der Waals surface area contributed by atoms with Crippen molar-refractivity contribution in [2.75, 3.05) is 18.0 Å². The van der Waals surface area contributed by atoms with Gasteiger partial charge in [0.1, 0.15) is 11.5 Å². The number of nitrogens with zero attached hydrogens (tertiary/aromatic N) is 2. The van der Waals surface area contributed by atoms with Crippen molar-refractivity contribution in [3.8, 4) is 0 Å². The molecule has 2 aliphatic rings. The summed E-state index contributed by atoms with van der Waals surface area (Å²) in [4.78, 5) is 29.3. The summed E-state index contributed by atoms with van der Waals surface area (Å²) in [6.07, 6.45) is 1.94. The van der Waals surface area contributed by atoms with Crippen molar-refractivity contribution < 1.29 is 14.0 Å². The highest BCUT2D eigenvalue weighted by atomic mass is 35.5. The Morgan fingerprint density at radius 1 is 0.923 bits per heavy atom. The number of anilines is 1. The molecule has 0 unspecified atom stereocenters. The highest BCUT2D eigenvalue weighted by Crippen LogP contribution is 2.36. The molecule has 0 aromatic heterocycles. The largest absolute Gasteiger partial charge is 0.366 e. The van der Waals surface area contributed by atoms with E-state index < -0.39 is 17.6 Å². The molecule has 1 saturated heterocycles. The lowest BCUT2D eigenvalue weighted by atomic mass is 10.0. The van der Waals surface area contributed by atoms with E-state index in [0.29, 0.717) is 21.9 Å². The molecule has 0 radical (unpaired) electrons. The van der Waals surface area contributed by atoms with Crippen molar-refractivity contribution >= 4 is 34.7 Å². The van der Waals surface area contributed by atoms with Gasteiger partial charge in [0, 0.05) is 18.1 Å². The number of carbonyl (C=O) groups excluding carboxylic acids is 2. The van der Waals surface area contributed by atoms with Crippen LogP contribution >= 0.6 is 11.6 Å². The van der Waals surface area contributed by atoms with Gasteiger partial charge in [-0.25, -0.2) is 9.29 Å². The summed E-state index contributed by atoms with van der Waals surface area (Å²) in [5.74, 6) is -1.34. The fourth-order valence-corrected chi connectivity index (χ4v) is 3.60. The van der Waals surface area contributed by atoms with Crippen molar-refractivity contribution in [2.24, 2.45) is 0 Å². The van der Waals surface area contributed by atoms with Crippen LogP contribution < -0.4 is 4.90 Å². The molecule has 0 bridgehead atoms. The zero-order valence-electron chi connectivity index (χ0n) is 13.9. The van der Waals surface area contributed by atoms with E-state index in [9.17, 15) is 14.0 Å². The normalized spacial score (nSPS) is 17.6. The minimum atomic E-state index is -0.495. The molecule has 4 nitrogen and oxygen atoms in total. The summed E-state index contributed by atoms with van der Waals surface area (Å²) < 4.78 is 13.6. The zero-order chi connectivity index (χ0) is 18.3. The Labute approximate surface area is 155 Å². The number of rotatable bonds is 3. The Hall–Kier alpha value is -2.66. The number of carbonyl (C=O) groups is 2. The quantitative estimate of drug-likeness (QED) is 0.770. The summed E-state index contributed by atoms with van der Waals surface area (Å²) in [5, 5.41) is 0.552. The zero-order valence-corrected chi connectivity index (χ0v) is 14.7. The lowest BCUT2D eigenvalue weighted by Crippen LogP contribution is -2.34.